The zero-order valence-electron chi connectivity index (χ0n) is 9.90. The molecule has 17 heavy (non-hydrogen) atoms. The van der Waals surface area contributed by atoms with Crippen molar-refractivity contribution < 1.29 is 9.59 Å². The molecule has 1 aromatic rings. The Morgan fingerprint density at radius 1 is 1.41 bits per heavy atom. The van der Waals surface area contributed by atoms with Crippen LogP contribution in [-0.4, -0.2) is 41.6 Å². The predicted molar refractivity (Wildman–Crippen MR) is 64.9 cm³/mol. The van der Waals surface area contributed by atoms with Crippen LogP contribution in [-0.2, 0) is 4.79 Å². The number of thioether (sulfide) groups is 1. The minimum atomic E-state index is -0.380. The van der Waals surface area contributed by atoms with Gasteiger partial charge in [0.25, 0.3) is 5.91 Å². The Morgan fingerprint density at radius 2 is 2.12 bits per heavy atom. The number of hydrogen-bond acceptors (Lipinski definition) is 5. The van der Waals surface area contributed by atoms with Crippen molar-refractivity contribution in [2.75, 3.05) is 19.8 Å². The molecule has 1 aromatic heterocycles. The summed E-state index contributed by atoms with van der Waals surface area (Å²) in [5, 5.41) is 5.43. The van der Waals surface area contributed by atoms with Gasteiger partial charge >= 0.3 is 0 Å². The summed E-state index contributed by atoms with van der Waals surface area (Å²) < 4.78 is 0. The standard InChI is InChI=1S/C10H14N4O2S/c1-6-4-7(14-10(13-6)17-3)9(16)12-5-8(15)11-2/h4H,5H2,1-3H3,(H,11,15)(H,12,16). The quantitative estimate of drug-likeness (QED) is 0.583. The summed E-state index contributed by atoms with van der Waals surface area (Å²) in [5.41, 5.74) is 0.986. The van der Waals surface area contributed by atoms with E-state index in [1.54, 1.807) is 13.0 Å². The third-order valence-corrected chi connectivity index (χ3v) is 2.48. The normalized spacial score (nSPS) is 9.82. The largest absolute Gasteiger partial charge is 0.358 e. The molecule has 0 radical (unpaired) electrons. The molecule has 0 aliphatic heterocycles. The monoisotopic (exact) mass is 254 g/mol. The highest BCUT2D eigenvalue weighted by atomic mass is 32.2. The van der Waals surface area contributed by atoms with Crippen LogP contribution in [0.2, 0.25) is 0 Å². The molecule has 6 nitrogen and oxygen atoms in total. The van der Waals surface area contributed by atoms with E-state index in [4.69, 9.17) is 0 Å². The van der Waals surface area contributed by atoms with Crippen molar-refractivity contribution in [1.82, 2.24) is 20.6 Å². The fraction of sp³-hybridized carbons (Fsp3) is 0.400. The molecule has 0 atom stereocenters. The van der Waals surface area contributed by atoms with E-state index in [-0.39, 0.29) is 24.1 Å². The molecule has 0 bridgehead atoms. The van der Waals surface area contributed by atoms with Crippen molar-refractivity contribution in [3.63, 3.8) is 0 Å². The maximum Gasteiger partial charge on any atom is 0.270 e. The Bertz CT molecular complexity index is 436. The number of nitrogens with zero attached hydrogens (tertiary/aromatic N) is 2. The van der Waals surface area contributed by atoms with Gasteiger partial charge in [-0.2, -0.15) is 0 Å². The van der Waals surface area contributed by atoms with E-state index in [0.717, 1.165) is 5.69 Å². The van der Waals surface area contributed by atoms with Gasteiger partial charge in [0.05, 0.1) is 6.54 Å². The molecule has 0 unspecified atom stereocenters. The van der Waals surface area contributed by atoms with Crippen molar-refractivity contribution in [1.29, 1.82) is 0 Å². The highest BCUT2D eigenvalue weighted by molar-refractivity contribution is 7.98. The minimum absolute atomic E-state index is 0.0625. The average molecular weight is 254 g/mol. The summed E-state index contributed by atoms with van der Waals surface area (Å²) >= 11 is 1.36. The minimum Gasteiger partial charge on any atom is -0.358 e. The van der Waals surface area contributed by atoms with Crippen molar-refractivity contribution >= 4 is 23.6 Å². The van der Waals surface area contributed by atoms with Gasteiger partial charge in [0.2, 0.25) is 5.91 Å². The average Bonchev–Trinajstić information content (AvgIpc) is 2.34. The Balaban J connectivity index is 2.74. The first-order valence-electron chi connectivity index (χ1n) is 4.95. The molecule has 0 aromatic carbocycles. The molecule has 1 rings (SSSR count). The molecule has 0 saturated carbocycles. The molecule has 0 aliphatic carbocycles. The number of nitrogens with one attached hydrogen (secondary N) is 2. The van der Waals surface area contributed by atoms with Crippen LogP contribution in [0.5, 0.6) is 0 Å². The van der Waals surface area contributed by atoms with E-state index in [2.05, 4.69) is 20.6 Å². The fourth-order valence-electron chi connectivity index (χ4n) is 1.09. The zero-order valence-corrected chi connectivity index (χ0v) is 10.7. The van der Waals surface area contributed by atoms with Crippen LogP contribution in [0.15, 0.2) is 11.2 Å². The van der Waals surface area contributed by atoms with Crippen LogP contribution in [0.1, 0.15) is 16.2 Å². The van der Waals surface area contributed by atoms with Crippen LogP contribution >= 0.6 is 11.8 Å². The summed E-state index contributed by atoms with van der Waals surface area (Å²) in [5.74, 6) is -0.636. The molecular weight excluding hydrogens is 240 g/mol. The number of carbonyl (C=O) groups excluding carboxylic acids is 2. The van der Waals surface area contributed by atoms with E-state index in [1.165, 1.54) is 18.8 Å². The molecule has 0 saturated heterocycles. The van der Waals surface area contributed by atoms with Crippen molar-refractivity contribution in [2.24, 2.45) is 0 Å². The molecule has 2 amide bonds. The third-order valence-electron chi connectivity index (χ3n) is 1.94. The maximum atomic E-state index is 11.7. The number of aromatic nitrogens is 2. The zero-order chi connectivity index (χ0) is 12.8. The molecular formula is C10H14N4O2S. The van der Waals surface area contributed by atoms with E-state index >= 15 is 0 Å². The Labute approximate surface area is 104 Å². The Morgan fingerprint density at radius 3 is 2.71 bits per heavy atom. The summed E-state index contributed by atoms with van der Waals surface area (Å²) in [6, 6.07) is 1.58. The number of amides is 2. The number of rotatable bonds is 4. The Hall–Kier alpha value is -1.63. The van der Waals surface area contributed by atoms with Crippen LogP contribution in [0.4, 0.5) is 0 Å². The van der Waals surface area contributed by atoms with Gasteiger partial charge in [0.1, 0.15) is 5.69 Å². The van der Waals surface area contributed by atoms with Gasteiger partial charge in [-0.3, -0.25) is 9.59 Å². The first kappa shape index (κ1) is 13.4. The van der Waals surface area contributed by atoms with Gasteiger partial charge in [0, 0.05) is 12.7 Å². The smallest absolute Gasteiger partial charge is 0.270 e. The first-order valence-corrected chi connectivity index (χ1v) is 6.17. The molecule has 0 fully saturated rings. The number of hydrogen-bond donors (Lipinski definition) is 2. The van der Waals surface area contributed by atoms with Gasteiger partial charge < -0.3 is 10.6 Å². The van der Waals surface area contributed by atoms with E-state index in [9.17, 15) is 9.59 Å². The number of aryl methyl sites for hydroxylation is 1. The van der Waals surface area contributed by atoms with E-state index in [0.29, 0.717) is 5.16 Å². The predicted octanol–water partition coefficient (Wildman–Crippen LogP) is -0.0173. The molecule has 0 spiro atoms. The number of carbonyl (C=O) groups is 2. The summed E-state index contributed by atoms with van der Waals surface area (Å²) in [7, 11) is 1.51. The Kier molecular flexibility index (Phi) is 4.89. The summed E-state index contributed by atoms with van der Waals surface area (Å²) in [4.78, 5) is 30.9. The molecule has 1 heterocycles. The molecule has 0 aliphatic rings. The molecule has 7 heteroatoms. The third kappa shape index (κ3) is 4.03. The van der Waals surface area contributed by atoms with Crippen LogP contribution in [0, 0.1) is 6.92 Å². The van der Waals surface area contributed by atoms with Crippen molar-refractivity contribution in [2.45, 2.75) is 12.1 Å². The van der Waals surface area contributed by atoms with Gasteiger partial charge in [-0.25, -0.2) is 9.97 Å². The maximum absolute atomic E-state index is 11.7. The second-order valence-electron chi connectivity index (χ2n) is 3.24. The lowest BCUT2D eigenvalue weighted by Gasteiger charge is -2.05. The summed E-state index contributed by atoms with van der Waals surface area (Å²) in [6.07, 6.45) is 1.83. The first-order chi connectivity index (χ1) is 8.06. The van der Waals surface area contributed by atoms with E-state index in [1.807, 2.05) is 6.26 Å². The second kappa shape index (κ2) is 6.19. The van der Waals surface area contributed by atoms with Crippen LogP contribution in [0.25, 0.3) is 0 Å². The topological polar surface area (TPSA) is 84.0 Å². The van der Waals surface area contributed by atoms with E-state index < -0.39 is 0 Å². The SMILES string of the molecule is CNC(=O)CNC(=O)c1cc(C)nc(SC)n1. The van der Waals surface area contributed by atoms with Crippen molar-refractivity contribution in [3.8, 4) is 0 Å². The van der Waals surface area contributed by atoms with Crippen LogP contribution in [0.3, 0.4) is 0 Å². The lowest BCUT2D eigenvalue weighted by atomic mass is 10.3. The highest BCUT2D eigenvalue weighted by Gasteiger charge is 2.10. The highest BCUT2D eigenvalue weighted by Crippen LogP contribution is 2.10. The van der Waals surface area contributed by atoms with Gasteiger partial charge in [0.15, 0.2) is 5.16 Å². The lowest BCUT2D eigenvalue weighted by Crippen LogP contribution is -2.35. The lowest BCUT2D eigenvalue weighted by molar-refractivity contribution is -0.119. The second-order valence-corrected chi connectivity index (χ2v) is 4.01. The van der Waals surface area contributed by atoms with Crippen molar-refractivity contribution in [3.05, 3.63) is 17.5 Å². The molecule has 92 valence electrons. The fourth-order valence-corrected chi connectivity index (χ4v) is 1.51. The molecule has 2 N–H and O–H groups in total. The summed E-state index contributed by atoms with van der Waals surface area (Å²) in [6.45, 7) is 1.73. The van der Waals surface area contributed by atoms with Gasteiger partial charge in [-0.05, 0) is 19.2 Å². The van der Waals surface area contributed by atoms with Gasteiger partial charge in [-0.1, -0.05) is 11.8 Å². The van der Waals surface area contributed by atoms with Gasteiger partial charge in [-0.15, -0.1) is 0 Å². The van der Waals surface area contributed by atoms with Crippen LogP contribution < -0.4 is 10.6 Å². The number of likely N-dealkylation sites (N-methyl/N-ethyl adjacent to an activating group) is 1.